The lowest BCUT2D eigenvalue weighted by molar-refractivity contribution is -0.159. The van der Waals surface area contributed by atoms with E-state index in [4.69, 9.17) is 0 Å². The number of hydrogen-bond acceptors (Lipinski definition) is 6. The van der Waals surface area contributed by atoms with Gasteiger partial charge < -0.3 is 9.47 Å². The highest BCUT2D eigenvalue weighted by atomic mass is 32.2. The van der Waals surface area contributed by atoms with Crippen LogP contribution in [0.25, 0.3) is 10.8 Å². The topological polar surface area (TPSA) is 69.7 Å². The van der Waals surface area contributed by atoms with Crippen LogP contribution in [0, 0.1) is 5.92 Å². The number of carbonyl (C=O) groups is 3. The third-order valence-electron chi connectivity index (χ3n) is 3.79. The van der Waals surface area contributed by atoms with Crippen LogP contribution in [0.1, 0.15) is 12.8 Å². The van der Waals surface area contributed by atoms with Crippen molar-refractivity contribution < 1.29 is 23.9 Å². The number of fused-ring (bicyclic) bond motifs is 1. The van der Waals surface area contributed by atoms with Gasteiger partial charge in [-0.3, -0.25) is 14.4 Å². The average Bonchev–Trinajstić information content (AvgIpc) is 2.66. The third-order valence-corrected chi connectivity index (χ3v) is 4.61. The standard InChI is InChI=1S/C20H20O5S/c1-24-19(22)17(20(23)25-2)9-5-6-10-18(21)26-16-12-11-14-7-3-4-8-15(14)13-16/h3-4,6-8,10-13,17H,5,9H2,1-2H3/b10-6+. The van der Waals surface area contributed by atoms with Gasteiger partial charge in [0, 0.05) is 4.90 Å². The Kier molecular flexibility index (Phi) is 7.41. The number of ether oxygens (including phenoxy) is 2. The highest BCUT2D eigenvalue weighted by Crippen LogP contribution is 2.24. The van der Waals surface area contributed by atoms with Crippen molar-refractivity contribution in [2.45, 2.75) is 17.7 Å². The Morgan fingerprint density at radius 2 is 1.65 bits per heavy atom. The van der Waals surface area contributed by atoms with Crippen LogP contribution in [-0.4, -0.2) is 31.3 Å². The third kappa shape index (κ3) is 5.46. The Bertz CT molecular complexity index is 812. The zero-order valence-electron chi connectivity index (χ0n) is 14.6. The lowest BCUT2D eigenvalue weighted by Gasteiger charge is -2.10. The maximum atomic E-state index is 12.1. The molecule has 0 fully saturated rings. The maximum Gasteiger partial charge on any atom is 0.320 e. The number of benzene rings is 2. The van der Waals surface area contributed by atoms with E-state index in [9.17, 15) is 14.4 Å². The molecule has 136 valence electrons. The van der Waals surface area contributed by atoms with Crippen molar-refractivity contribution in [3.63, 3.8) is 0 Å². The second-order valence-electron chi connectivity index (χ2n) is 5.51. The largest absolute Gasteiger partial charge is 0.468 e. The van der Waals surface area contributed by atoms with Gasteiger partial charge in [-0.1, -0.05) is 36.4 Å². The molecule has 0 spiro atoms. The van der Waals surface area contributed by atoms with Gasteiger partial charge >= 0.3 is 11.9 Å². The van der Waals surface area contributed by atoms with Gasteiger partial charge in [0.15, 0.2) is 5.92 Å². The minimum absolute atomic E-state index is 0.118. The fourth-order valence-corrected chi connectivity index (χ4v) is 3.16. The van der Waals surface area contributed by atoms with E-state index in [1.165, 1.54) is 20.3 Å². The molecule has 0 unspecified atom stereocenters. The summed E-state index contributed by atoms with van der Waals surface area (Å²) >= 11 is 1.13. The first-order chi connectivity index (χ1) is 12.5. The van der Waals surface area contributed by atoms with Gasteiger partial charge in [-0.05, 0) is 53.6 Å². The predicted octanol–water partition coefficient (Wildman–Crippen LogP) is 3.76. The van der Waals surface area contributed by atoms with Crippen molar-refractivity contribution >= 4 is 39.6 Å². The van der Waals surface area contributed by atoms with Gasteiger partial charge in [0.25, 0.3) is 0 Å². The number of rotatable bonds is 7. The number of methoxy groups -OCH3 is 2. The van der Waals surface area contributed by atoms with E-state index in [2.05, 4.69) is 9.47 Å². The van der Waals surface area contributed by atoms with Crippen molar-refractivity contribution in [1.82, 2.24) is 0 Å². The quantitative estimate of drug-likeness (QED) is 0.319. The number of esters is 2. The molecule has 6 heteroatoms. The lowest BCUT2D eigenvalue weighted by Crippen LogP contribution is -2.26. The first-order valence-corrected chi connectivity index (χ1v) is 8.89. The fourth-order valence-electron chi connectivity index (χ4n) is 2.44. The molecule has 2 aromatic rings. The zero-order chi connectivity index (χ0) is 18.9. The summed E-state index contributed by atoms with van der Waals surface area (Å²) in [6.07, 6.45) is 3.71. The molecule has 0 saturated heterocycles. The average molecular weight is 372 g/mol. The SMILES string of the molecule is COC(=O)C(CC/C=C/C(=O)Sc1ccc2ccccc2c1)C(=O)OC. The van der Waals surface area contributed by atoms with Gasteiger partial charge in [-0.2, -0.15) is 0 Å². The van der Waals surface area contributed by atoms with E-state index in [0.29, 0.717) is 6.42 Å². The van der Waals surface area contributed by atoms with Gasteiger partial charge in [0.2, 0.25) is 5.12 Å². The van der Waals surface area contributed by atoms with E-state index in [-0.39, 0.29) is 11.5 Å². The molecular formula is C20H20O5S. The van der Waals surface area contributed by atoms with Crippen LogP contribution in [0.3, 0.4) is 0 Å². The molecule has 2 aromatic carbocycles. The molecule has 5 nitrogen and oxygen atoms in total. The molecule has 0 amide bonds. The van der Waals surface area contributed by atoms with Crippen LogP contribution in [0.15, 0.2) is 59.5 Å². The minimum Gasteiger partial charge on any atom is -0.468 e. The Labute approximate surface area is 156 Å². The number of thioether (sulfide) groups is 1. The lowest BCUT2D eigenvalue weighted by atomic mass is 10.0. The molecular weight excluding hydrogens is 352 g/mol. The summed E-state index contributed by atoms with van der Waals surface area (Å²) in [6, 6.07) is 13.8. The van der Waals surface area contributed by atoms with Crippen LogP contribution in [0.4, 0.5) is 0 Å². The number of carbonyl (C=O) groups excluding carboxylic acids is 3. The molecule has 0 aliphatic heterocycles. The summed E-state index contributed by atoms with van der Waals surface area (Å²) in [5.41, 5.74) is 0. The summed E-state index contributed by atoms with van der Waals surface area (Å²) in [5, 5.41) is 2.08. The van der Waals surface area contributed by atoms with Crippen molar-refractivity contribution in [1.29, 1.82) is 0 Å². The summed E-state index contributed by atoms with van der Waals surface area (Å²) in [6.45, 7) is 0. The van der Waals surface area contributed by atoms with Crippen LogP contribution in [0.5, 0.6) is 0 Å². The molecule has 0 saturated carbocycles. The van der Waals surface area contributed by atoms with Crippen molar-refractivity contribution in [2.24, 2.45) is 5.92 Å². The van der Waals surface area contributed by atoms with Gasteiger partial charge in [0.05, 0.1) is 14.2 Å². The van der Waals surface area contributed by atoms with Crippen LogP contribution < -0.4 is 0 Å². The summed E-state index contributed by atoms with van der Waals surface area (Å²) in [7, 11) is 2.44. The highest BCUT2D eigenvalue weighted by molar-refractivity contribution is 8.14. The van der Waals surface area contributed by atoms with Gasteiger partial charge in [0.1, 0.15) is 0 Å². The molecule has 26 heavy (non-hydrogen) atoms. The Morgan fingerprint density at radius 1 is 1.00 bits per heavy atom. The first-order valence-electron chi connectivity index (χ1n) is 8.08. The maximum absolute atomic E-state index is 12.1. The monoisotopic (exact) mass is 372 g/mol. The molecule has 0 aromatic heterocycles. The number of hydrogen-bond donors (Lipinski definition) is 0. The number of allylic oxidation sites excluding steroid dienone is 1. The van der Waals surface area contributed by atoms with E-state index in [1.54, 1.807) is 6.08 Å². The molecule has 0 heterocycles. The first kappa shape index (κ1) is 19.7. The summed E-state index contributed by atoms with van der Waals surface area (Å²) in [4.78, 5) is 36.1. The van der Waals surface area contributed by atoms with Crippen LogP contribution in [-0.2, 0) is 23.9 Å². The Balaban J connectivity index is 1.89. The second-order valence-corrected chi connectivity index (χ2v) is 6.59. The highest BCUT2D eigenvalue weighted by Gasteiger charge is 2.27. The smallest absolute Gasteiger partial charge is 0.320 e. The minimum atomic E-state index is -0.974. The molecule has 0 aliphatic rings. The zero-order valence-corrected chi connectivity index (χ0v) is 15.5. The van der Waals surface area contributed by atoms with Crippen molar-refractivity contribution in [2.75, 3.05) is 14.2 Å². The van der Waals surface area contributed by atoms with E-state index in [0.717, 1.165) is 27.4 Å². The Morgan fingerprint density at radius 3 is 2.31 bits per heavy atom. The molecule has 0 atom stereocenters. The van der Waals surface area contributed by atoms with Gasteiger partial charge in [-0.15, -0.1) is 0 Å². The molecule has 0 radical (unpaired) electrons. The van der Waals surface area contributed by atoms with Crippen molar-refractivity contribution in [3.05, 3.63) is 54.6 Å². The van der Waals surface area contributed by atoms with Gasteiger partial charge in [-0.25, -0.2) is 0 Å². The summed E-state index contributed by atoms with van der Waals surface area (Å²) < 4.78 is 9.19. The molecule has 0 aliphatic carbocycles. The van der Waals surface area contributed by atoms with Crippen LogP contribution >= 0.6 is 11.8 Å². The predicted molar refractivity (Wildman–Crippen MR) is 101 cm³/mol. The fraction of sp³-hybridized carbons (Fsp3) is 0.250. The van der Waals surface area contributed by atoms with Crippen molar-refractivity contribution in [3.8, 4) is 0 Å². The second kappa shape index (κ2) is 9.77. The molecule has 0 N–H and O–H groups in total. The van der Waals surface area contributed by atoms with E-state index >= 15 is 0 Å². The summed E-state index contributed by atoms with van der Waals surface area (Å²) in [5.74, 6) is -2.25. The molecule has 0 bridgehead atoms. The Hall–Kier alpha value is -2.60. The van der Waals surface area contributed by atoms with Crippen LogP contribution in [0.2, 0.25) is 0 Å². The molecule has 2 rings (SSSR count). The van der Waals surface area contributed by atoms with E-state index < -0.39 is 17.9 Å². The van der Waals surface area contributed by atoms with E-state index in [1.807, 2.05) is 42.5 Å². The normalized spacial score (nSPS) is 11.0.